The molecule has 2 aromatic rings. The fourth-order valence-corrected chi connectivity index (χ4v) is 1.87. The number of benzene rings is 2. The Morgan fingerprint density at radius 1 is 1.14 bits per heavy atom. The number of carbonyl (C=O) groups is 2. The third-order valence-corrected chi connectivity index (χ3v) is 3.08. The third-order valence-electron chi connectivity index (χ3n) is 2.75. The molecule has 0 atom stereocenters. The van der Waals surface area contributed by atoms with E-state index in [2.05, 4.69) is 5.32 Å². The number of hydrogen-bond donors (Lipinski definition) is 3. The van der Waals surface area contributed by atoms with Gasteiger partial charge in [-0.3, -0.25) is 9.59 Å². The number of anilines is 2. The first-order valence-electron chi connectivity index (χ1n) is 5.84. The molecule has 108 valence electrons. The van der Waals surface area contributed by atoms with E-state index < -0.39 is 17.6 Å². The van der Waals surface area contributed by atoms with Crippen LogP contribution < -0.4 is 16.8 Å². The molecule has 5 nitrogen and oxygen atoms in total. The Bertz CT molecular complexity index is 734. The molecule has 2 amide bonds. The first-order valence-corrected chi connectivity index (χ1v) is 6.22. The van der Waals surface area contributed by atoms with Crippen LogP contribution >= 0.6 is 11.6 Å². The van der Waals surface area contributed by atoms with Gasteiger partial charge >= 0.3 is 0 Å². The average Bonchev–Trinajstić information content (AvgIpc) is 2.43. The Hall–Kier alpha value is -2.60. The molecule has 21 heavy (non-hydrogen) atoms. The van der Waals surface area contributed by atoms with Gasteiger partial charge in [0.25, 0.3) is 5.91 Å². The minimum absolute atomic E-state index is 0.0472. The normalized spacial score (nSPS) is 10.2. The molecule has 0 fully saturated rings. The first-order chi connectivity index (χ1) is 9.88. The van der Waals surface area contributed by atoms with Crippen LogP contribution in [-0.2, 0) is 0 Å². The standard InChI is InChI=1S/C14H11ClFN3O2/c15-10-3-2-8(6-9(10)13(18)20)19-14(21)7-1-4-12(17)11(16)5-7/h1-6H,17H2,(H2,18,20)(H,19,21). The molecule has 0 aromatic heterocycles. The highest BCUT2D eigenvalue weighted by atomic mass is 35.5. The van der Waals surface area contributed by atoms with E-state index >= 15 is 0 Å². The number of hydrogen-bond acceptors (Lipinski definition) is 3. The molecule has 7 heteroatoms. The number of rotatable bonds is 3. The zero-order valence-corrected chi connectivity index (χ0v) is 11.4. The summed E-state index contributed by atoms with van der Waals surface area (Å²) in [6.45, 7) is 0. The topological polar surface area (TPSA) is 98.2 Å². The number of nitrogens with two attached hydrogens (primary N) is 2. The van der Waals surface area contributed by atoms with Crippen molar-refractivity contribution in [1.82, 2.24) is 0 Å². The molecule has 0 spiro atoms. The van der Waals surface area contributed by atoms with E-state index in [9.17, 15) is 14.0 Å². The molecule has 0 radical (unpaired) electrons. The van der Waals surface area contributed by atoms with E-state index in [0.717, 1.165) is 6.07 Å². The number of halogens is 2. The number of nitrogen functional groups attached to an aromatic ring is 1. The molecule has 0 aliphatic heterocycles. The Morgan fingerprint density at radius 2 is 1.86 bits per heavy atom. The third kappa shape index (κ3) is 3.29. The van der Waals surface area contributed by atoms with Crippen LogP contribution in [0.4, 0.5) is 15.8 Å². The van der Waals surface area contributed by atoms with E-state index in [1.165, 1.54) is 30.3 Å². The summed E-state index contributed by atoms with van der Waals surface area (Å²) in [4.78, 5) is 23.1. The fourth-order valence-electron chi connectivity index (χ4n) is 1.66. The molecule has 0 heterocycles. The molecule has 0 saturated heterocycles. The Labute approximate surface area is 124 Å². The molecule has 5 N–H and O–H groups in total. The number of nitrogens with one attached hydrogen (secondary N) is 1. The monoisotopic (exact) mass is 307 g/mol. The highest BCUT2D eigenvalue weighted by Gasteiger charge is 2.12. The van der Waals surface area contributed by atoms with Crippen LogP contribution in [-0.4, -0.2) is 11.8 Å². The van der Waals surface area contributed by atoms with Crippen molar-refractivity contribution in [3.8, 4) is 0 Å². The van der Waals surface area contributed by atoms with Gasteiger partial charge in [0.1, 0.15) is 5.82 Å². The smallest absolute Gasteiger partial charge is 0.255 e. The Balaban J connectivity index is 2.25. The van der Waals surface area contributed by atoms with E-state index in [0.29, 0.717) is 5.69 Å². The molecule has 0 aliphatic rings. The van der Waals surface area contributed by atoms with Gasteiger partial charge in [0.15, 0.2) is 0 Å². The van der Waals surface area contributed by atoms with Crippen molar-refractivity contribution in [2.45, 2.75) is 0 Å². The highest BCUT2D eigenvalue weighted by molar-refractivity contribution is 6.34. The van der Waals surface area contributed by atoms with Crippen LogP contribution in [0.2, 0.25) is 5.02 Å². The average molecular weight is 308 g/mol. The van der Waals surface area contributed by atoms with Gasteiger partial charge in [0.05, 0.1) is 16.3 Å². The lowest BCUT2D eigenvalue weighted by atomic mass is 10.1. The van der Waals surface area contributed by atoms with Gasteiger partial charge < -0.3 is 16.8 Å². The summed E-state index contributed by atoms with van der Waals surface area (Å²) in [7, 11) is 0. The van der Waals surface area contributed by atoms with E-state index in [-0.39, 0.29) is 21.8 Å². The number of amides is 2. The van der Waals surface area contributed by atoms with Gasteiger partial charge in [-0.15, -0.1) is 0 Å². The van der Waals surface area contributed by atoms with E-state index in [1.54, 1.807) is 0 Å². The van der Waals surface area contributed by atoms with Crippen molar-refractivity contribution >= 4 is 34.8 Å². The van der Waals surface area contributed by atoms with E-state index in [4.69, 9.17) is 23.1 Å². The molecule has 0 saturated carbocycles. The maximum Gasteiger partial charge on any atom is 0.255 e. The molecule has 2 aromatic carbocycles. The highest BCUT2D eigenvalue weighted by Crippen LogP contribution is 2.21. The molecule has 2 rings (SSSR count). The Morgan fingerprint density at radius 3 is 2.48 bits per heavy atom. The molecule has 0 aliphatic carbocycles. The first kappa shape index (κ1) is 14.8. The van der Waals surface area contributed by atoms with Gasteiger partial charge in [0.2, 0.25) is 5.91 Å². The van der Waals surface area contributed by atoms with E-state index in [1.807, 2.05) is 0 Å². The zero-order valence-electron chi connectivity index (χ0n) is 10.7. The molecule has 0 unspecified atom stereocenters. The maximum absolute atomic E-state index is 13.3. The Kier molecular flexibility index (Phi) is 4.09. The summed E-state index contributed by atoms with van der Waals surface area (Å²) in [6, 6.07) is 7.98. The minimum atomic E-state index is -0.713. The predicted molar refractivity (Wildman–Crippen MR) is 78.7 cm³/mol. The van der Waals surface area contributed by atoms with Crippen LogP contribution in [0, 0.1) is 5.82 Å². The number of primary amides is 1. The minimum Gasteiger partial charge on any atom is -0.396 e. The van der Waals surface area contributed by atoms with Gasteiger partial charge in [-0.05, 0) is 36.4 Å². The lowest BCUT2D eigenvalue weighted by Gasteiger charge is -2.08. The number of carbonyl (C=O) groups excluding carboxylic acids is 2. The molecular formula is C14H11ClFN3O2. The van der Waals surface area contributed by atoms with Crippen LogP contribution in [0.1, 0.15) is 20.7 Å². The van der Waals surface area contributed by atoms with Crippen LogP contribution in [0.3, 0.4) is 0 Å². The molecular weight excluding hydrogens is 297 g/mol. The summed E-state index contributed by atoms with van der Waals surface area (Å²) in [5, 5.41) is 2.69. The second kappa shape index (κ2) is 5.80. The summed E-state index contributed by atoms with van der Waals surface area (Å²) in [5.74, 6) is -1.95. The SMILES string of the molecule is NC(=O)c1cc(NC(=O)c2ccc(N)c(F)c2)ccc1Cl. The quantitative estimate of drug-likeness (QED) is 0.759. The fraction of sp³-hybridized carbons (Fsp3) is 0. The van der Waals surface area contributed by atoms with Crippen molar-refractivity contribution < 1.29 is 14.0 Å². The summed E-state index contributed by atoms with van der Waals surface area (Å²) < 4.78 is 13.3. The lowest BCUT2D eigenvalue weighted by molar-refractivity contribution is 0.0996. The lowest BCUT2D eigenvalue weighted by Crippen LogP contribution is -2.15. The van der Waals surface area contributed by atoms with Crippen molar-refractivity contribution in [1.29, 1.82) is 0 Å². The largest absolute Gasteiger partial charge is 0.396 e. The van der Waals surface area contributed by atoms with Crippen molar-refractivity contribution in [3.63, 3.8) is 0 Å². The zero-order chi connectivity index (χ0) is 15.6. The second-order valence-corrected chi connectivity index (χ2v) is 4.66. The van der Waals surface area contributed by atoms with Crippen molar-refractivity contribution in [3.05, 3.63) is 58.4 Å². The van der Waals surface area contributed by atoms with Crippen LogP contribution in [0.15, 0.2) is 36.4 Å². The maximum atomic E-state index is 13.3. The second-order valence-electron chi connectivity index (χ2n) is 4.25. The summed E-state index contributed by atoms with van der Waals surface area (Å²) >= 11 is 5.81. The summed E-state index contributed by atoms with van der Waals surface area (Å²) in [5.41, 5.74) is 10.9. The van der Waals surface area contributed by atoms with Gasteiger partial charge in [0, 0.05) is 11.3 Å². The van der Waals surface area contributed by atoms with Gasteiger partial charge in [-0.25, -0.2) is 4.39 Å². The summed E-state index contributed by atoms with van der Waals surface area (Å²) in [6.07, 6.45) is 0. The van der Waals surface area contributed by atoms with Crippen LogP contribution in [0.25, 0.3) is 0 Å². The molecule has 0 bridgehead atoms. The van der Waals surface area contributed by atoms with Crippen molar-refractivity contribution in [2.24, 2.45) is 5.73 Å². The van der Waals surface area contributed by atoms with Gasteiger partial charge in [-0.1, -0.05) is 11.6 Å². The predicted octanol–water partition coefficient (Wildman–Crippen LogP) is 2.41. The van der Waals surface area contributed by atoms with Gasteiger partial charge in [-0.2, -0.15) is 0 Å². The van der Waals surface area contributed by atoms with Crippen molar-refractivity contribution in [2.75, 3.05) is 11.1 Å². The van der Waals surface area contributed by atoms with Crippen LogP contribution in [0.5, 0.6) is 0 Å².